The average Bonchev–Trinajstić information content (AvgIpc) is 2.85. The van der Waals surface area contributed by atoms with Gasteiger partial charge in [-0.3, -0.25) is 9.71 Å². The molecule has 1 aliphatic carbocycles. The molecule has 0 aromatic carbocycles. The van der Waals surface area contributed by atoms with Crippen LogP contribution in [-0.2, 0) is 10.0 Å². The molecule has 0 bridgehead atoms. The summed E-state index contributed by atoms with van der Waals surface area (Å²) in [5, 5.41) is 0.316. The fourth-order valence-electron chi connectivity index (χ4n) is 0.865. The number of nitrogens with zero attached hydrogens (tertiary/aromatic N) is 1. The van der Waals surface area contributed by atoms with Gasteiger partial charge in [-0.05, 0) is 26.0 Å². The average molecular weight is 222 g/mol. The van der Waals surface area contributed by atoms with Gasteiger partial charge in [0, 0.05) is 6.54 Å². The minimum Gasteiger partial charge on any atom is -0.262 e. The quantitative estimate of drug-likeness (QED) is 0.568. The monoisotopic (exact) mass is 222 g/mol. The molecule has 0 amide bonds. The van der Waals surface area contributed by atoms with Crippen LogP contribution in [0.5, 0.6) is 0 Å². The summed E-state index contributed by atoms with van der Waals surface area (Å²) in [6.45, 7) is 2.48. The van der Waals surface area contributed by atoms with Gasteiger partial charge >= 0.3 is 0 Å². The second-order valence-corrected chi connectivity index (χ2v) is 5.59. The number of hydrogen-bond donors (Lipinski definition) is 1. The van der Waals surface area contributed by atoms with Gasteiger partial charge in [-0.2, -0.15) is 0 Å². The van der Waals surface area contributed by atoms with Gasteiger partial charge in [0.1, 0.15) is 0 Å². The van der Waals surface area contributed by atoms with Crippen LogP contribution in [0.4, 0.5) is 0 Å². The van der Waals surface area contributed by atoms with Gasteiger partial charge in [-0.1, -0.05) is 11.8 Å². The van der Waals surface area contributed by atoms with E-state index in [2.05, 4.69) is 9.71 Å². The Hall–Kier alpha value is -0.230. The molecule has 0 aliphatic heterocycles. The van der Waals surface area contributed by atoms with E-state index in [-0.39, 0.29) is 5.25 Å². The van der Waals surface area contributed by atoms with E-state index in [0.29, 0.717) is 11.7 Å². The maximum Gasteiger partial charge on any atom is 0.237 e. The minimum absolute atomic E-state index is 0.179. The number of hydrogen-bond acceptors (Lipinski definition) is 4. The molecular formula is C7H14N2O2S2. The predicted octanol–water partition coefficient (Wildman–Crippen LogP) is 0.807. The number of aliphatic imine (C=N–C) groups is 1. The Morgan fingerprint density at radius 3 is 2.62 bits per heavy atom. The molecule has 1 fully saturated rings. The molecule has 0 saturated heterocycles. The van der Waals surface area contributed by atoms with Crippen molar-refractivity contribution >= 4 is 27.0 Å². The first-order chi connectivity index (χ1) is 6.10. The highest BCUT2D eigenvalue weighted by Crippen LogP contribution is 2.27. The van der Waals surface area contributed by atoms with E-state index in [9.17, 15) is 8.42 Å². The number of thioether (sulfide) groups is 1. The zero-order valence-electron chi connectivity index (χ0n) is 7.78. The largest absolute Gasteiger partial charge is 0.262 e. The van der Waals surface area contributed by atoms with Crippen LogP contribution < -0.4 is 4.72 Å². The Labute approximate surface area is 83.3 Å². The summed E-state index contributed by atoms with van der Waals surface area (Å²) in [6, 6.07) is 0. The third-order valence-electron chi connectivity index (χ3n) is 1.69. The van der Waals surface area contributed by atoms with Crippen molar-refractivity contribution in [2.45, 2.75) is 25.0 Å². The molecule has 1 N–H and O–H groups in total. The van der Waals surface area contributed by atoms with Crippen molar-refractivity contribution in [3.8, 4) is 0 Å². The molecule has 1 aliphatic rings. The number of nitrogens with one attached hydrogen (secondary N) is 1. The highest BCUT2D eigenvalue weighted by molar-refractivity contribution is 8.14. The molecule has 1 saturated carbocycles. The van der Waals surface area contributed by atoms with Gasteiger partial charge in [-0.25, -0.2) is 8.42 Å². The number of sulfonamides is 1. The maximum absolute atomic E-state index is 11.4. The lowest BCUT2D eigenvalue weighted by molar-refractivity contribution is 0.591. The lowest BCUT2D eigenvalue weighted by Crippen LogP contribution is -2.31. The standard InChI is InChI=1S/C7H14N2O2S2/c1-3-8-7(12-2)9-13(10,11)6-4-5-6/h6H,3-5H2,1-2H3,(H,8,9). The fourth-order valence-corrected chi connectivity index (χ4v) is 3.04. The first-order valence-electron chi connectivity index (χ1n) is 4.20. The molecule has 0 aromatic rings. The third kappa shape index (κ3) is 3.19. The first-order valence-corrected chi connectivity index (χ1v) is 6.97. The highest BCUT2D eigenvalue weighted by atomic mass is 32.2. The second kappa shape index (κ2) is 4.32. The van der Waals surface area contributed by atoms with Gasteiger partial charge in [0.05, 0.1) is 5.25 Å². The van der Waals surface area contributed by atoms with Crippen molar-refractivity contribution in [1.29, 1.82) is 0 Å². The Morgan fingerprint density at radius 1 is 1.62 bits per heavy atom. The van der Waals surface area contributed by atoms with E-state index < -0.39 is 10.0 Å². The molecule has 0 spiro atoms. The molecule has 0 heterocycles. The SMILES string of the molecule is CC/N=C(/NS(=O)(=O)C1CC1)SC. The van der Waals surface area contributed by atoms with Crippen LogP contribution in [-0.4, -0.2) is 31.6 Å². The van der Waals surface area contributed by atoms with Crippen molar-refractivity contribution in [2.75, 3.05) is 12.8 Å². The van der Waals surface area contributed by atoms with Crippen LogP contribution in [0.25, 0.3) is 0 Å². The Kier molecular flexibility index (Phi) is 3.61. The predicted molar refractivity (Wildman–Crippen MR) is 56.6 cm³/mol. The molecule has 0 atom stereocenters. The van der Waals surface area contributed by atoms with E-state index in [1.165, 1.54) is 11.8 Å². The summed E-state index contributed by atoms with van der Waals surface area (Å²) in [7, 11) is -3.12. The first kappa shape index (κ1) is 10.8. The molecule has 6 heteroatoms. The van der Waals surface area contributed by atoms with Crippen LogP contribution >= 0.6 is 11.8 Å². The molecule has 0 aromatic heterocycles. The Balaban J connectivity index is 2.59. The summed E-state index contributed by atoms with van der Waals surface area (Å²) in [4.78, 5) is 4.03. The van der Waals surface area contributed by atoms with Crippen molar-refractivity contribution in [1.82, 2.24) is 4.72 Å². The van der Waals surface area contributed by atoms with Gasteiger partial charge < -0.3 is 0 Å². The van der Waals surface area contributed by atoms with E-state index in [1.54, 1.807) is 0 Å². The lowest BCUT2D eigenvalue weighted by Gasteiger charge is -2.06. The molecule has 0 radical (unpaired) electrons. The molecular weight excluding hydrogens is 208 g/mol. The minimum atomic E-state index is -3.12. The lowest BCUT2D eigenvalue weighted by atomic mass is 10.8. The number of rotatable bonds is 3. The van der Waals surface area contributed by atoms with Gasteiger partial charge in [0.2, 0.25) is 10.0 Å². The highest BCUT2D eigenvalue weighted by Gasteiger charge is 2.36. The zero-order valence-corrected chi connectivity index (χ0v) is 9.41. The summed E-state index contributed by atoms with van der Waals surface area (Å²) in [6.07, 6.45) is 3.37. The van der Waals surface area contributed by atoms with Crippen LogP contribution in [0.2, 0.25) is 0 Å². The summed E-state index contributed by atoms with van der Waals surface area (Å²) in [5.74, 6) is 0. The van der Waals surface area contributed by atoms with Gasteiger partial charge in [0.15, 0.2) is 5.17 Å². The summed E-state index contributed by atoms with van der Waals surface area (Å²) < 4.78 is 25.4. The number of amidine groups is 1. The van der Waals surface area contributed by atoms with E-state index in [1.807, 2.05) is 13.2 Å². The second-order valence-electron chi connectivity index (χ2n) is 2.83. The van der Waals surface area contributed by atoms with Crippen LogP contribution in [0.3, 0.4) is 0 Å². The van der Waals surface area contributed by atoms with E-state index in [4.69, 9.17) is 0 Å². The van der Waals surface area contributed by atoms with Crippen molar-refractivity contribution in [2.24, 2.45) is 4.99 Å². The van der Waals surface area contributed by atoms with E-state index in [0.717, 1.165) is 12.8 Å². The molecule has 13 heavy (non-hydrogen) atoms. The normalized spacial score (nSPS) is 18.8. The van der Waals surface area contributed by atoms with Crippen molar-refractivity contribution < 1.29 is 8.42 Å². The summed E-state index contributed by atoms with van der Waals surface area (Å²) in [5.41, 5.74) is 0. The van der Waals surface area contributed by atoms with E-state index >= 15 is 0 Å². The van der Waals surface area contributed by atoms with Crippen LogP contribution in [0.15, 0.2) is 4.99 Å². The molecule has 76 valence electrons. The van der Waals surface area contributed by atoms with Gasteiger partial charge in [-0.15, -0.1) is 0 Å². The van der Waals surface area contributed by atoms with Crippen LogP contribution in [0, 0.1) is 0 Å². The summed E-state index contributed by atoms with van der Waals surface area (Å²) >= 11 is 1.33. The molecule has 4 nitrogen and oxygen atoms in total. The Bertz CT molecular complexity index is 294. The Morgan fingerprint density at radius 2 is 2.23 bits per heavy atom. The fraction of sp³-hybridized carbons (Fsp3) is 0.857. The van der Waals surface area contributed by atoms with Gasteiger partial charge in [0.25, 0.3) is 0 Å². The third-order valence-corrected chi connectivity index (χ3v) is 4.26. The van der Waals surface area contributed by atoms with Crippen molar-refractivity contribution in [3.05, 3.63) is 0 Å². The zero-order chi connectivity index (χ0) is 9.90. The maximum atomic E-state index is 11.4. The molecule has 0 unspecified atom stereocenters. The van der Waals surface area contributed by atoms with Crippen molar-refractivity contribution in [3.63, 3.8) is 0 Å². The smallest absolute Gasteiger partial charge is 0.237 e. The molecule has 1 rings (SSSR count). The topological polar surface area (TPSA) is 58.5 Å². The van der Waals surface area contributed by atoms with Crippen LogP contribution in [0.1, 0.15) is 19.8 Å².